The van der Waals surface area contributed by atoms with Gasteiger partial charge in [-0.3, -0.25) is 0 Å². The molecule has 0 fully saturated rings. The predicted molar refractivity (Wildman–Crippen MR) is 89.7 cm³/mol. The first-order chi connectivity index (χ1) is 11.5. The summed E-state index contributed by atoms with van der Waals surface area (Å²) in [5.74, 6) is -1.23. The van der Waals surface area contributed by atoms with Crippen LogP contribution in [0.3, 0.4) is 0 Å². The third-order valence-corrected chi connectivity index (χ3v) is 3.64. The van der Waals surface area contributed by atoms with Crippen LogP contribution in [0, 0.1) is 0 Å². The summed E-state index contributed by atoms with van der Waals surface area (Å²) in [7, 11) is 0. The van der Waals surface area contributed by atoms with Crippen LogP contribution in [0.4, 0.5) is 0 Å². The smallest absolute Gasteiger partial charge is 0.342 e. The van der Waals surface area contributed by atoms with Crippen LogP contribution >= 0.6 is 0 Å². The first kappa shape index (κ1) is 17.6. The van der Waals surface area contributed by atoms with Crippen LogP contribution in [0.25, 0.3) is 0 Å². The van der Waals surface area contributed by atoms with Gasteiger partial charge >= 0.3 is 5.97 Å². The largest absolute Gasteiger partial charge is 0.508 e. The summed E-state index contributed by atoms with van der Waals surface area (Å²) < 4.78 is 5.36. The Kier molecular flexibility index (Phi) is 6.01. The molecule has 6 heteroatoms. The lowest BCUT2D eigenvalue weighted by Gasteiger charge is -2.15. The molecule has 6 nitrogen and oxygen atoms in total. The lowest BCUT2D eigenvalue weighted by molar-refractivity contribution is 0.0343. The fraction of sp³-hybridized carbons (Fsp3) is 0.333. The molecular weight excluding hydrogens is 310 g/mol. The van der Waals surface area contributed by atoms with E-state index in [1.165, 1.54) is 6.07 Å². The van der Waals surface area contributed by atoms with Gasteiger partial charge in [0.2, 0.25) is 0 Å². The van der Waals surface area contributed by atoms with E-state index in [1.807, 2.05) is 18.2 Å². The van der Waals surface area contributed by atoms with Gasteiger partial charge in [0.1, 0.15) is 23.2 Å². The molecular formula is C18H21NO5. The molecule has 3 N–H and O–H groups in total. The molecule has 0 radical (unpaired) electrons. The predicted octanol–water partition coefficient (Wildman–Crippen LogP) is 3.31. The zero-order chi connectivity index (χ0) is 17.5. The number of fused-ring (bicyclic) bond motifs is 1. The normalized spacial score (nSPS) is 23.8. The third kappa shape index (κ3) is 4.62. The van der Waals surface area contributed by atoms with Gasteiger partial charge in [-0.15, -0.1) is 0 Å². The summed E-state index contributed by atoms with van der Waals surface area (Å²) >= 11 is 0. The molecule has 0 spiro atoms. The molecule has 0 saturated heterocycles. The Labute approximate surface area is 140 Å². The van der Waals surface area contributed by atoms with E-state index in [0.29, 0.717) is 17.7 Å². The third-order valence-electron chi connectivity index (χ3n) is 3.64. The monoisotopic (exact) mass is 331 g/mol. The fourth-order valence-corrected chi connectivity index (χ4v) is 2.47. The highest BCUT2D eigenvalue weighted by atomic mass is 16.5. The number of hydrogen-bond donors (Lipinski definition) is 3. The lowest BCUT2D eigenvalue weighted by Crippen LogP contribution is -2.17. The highest BCUT2D eigenvalue weighted by molar-refractivity contribution is 6.00. The quantitative estimate of drug-likeness (QED) is 0.293. The Balaban J connectivity index is 2.45. The summed E-state index contributed by atoms with van der Waals surface area (Å²) in [5.41, 5.74) is 0.605. The fourth-order valence-electron chi connectivity index (χ4n) is 2.47. The van der Waals surface area contributed by atoms with Crippen LogP contribution in [0.2, 0.25) is 0 Å². The van der Waals surface area contributed by atoms with Crippen molar-refractivity contribution in [3.63, 3.8) is 0 Å². The van der Waals surface area contributed by atoms with Gasteiger partial charge in [0.05, 0.1) is 5.71 Å². The number of aromatic hydroxyl groups is 2. The summed E-state index contributed by atoms with van der Waals surface area (Å²) in [4.78, 5) is 12.4. The summed E-state index contributed by atoms with van der Waals surface area (Å²) in [6.07, 6.45) is 9.37. The topological polar surface area (TPSA) is 99.4 Å². The van der Waals surface area contributed by atoms with Crippen LogP contribution in [-0.4, -0.2) is 33.2 Å². The molecule has 0 aromatic heterocycles. The van der Waals surface area contributed by atoms with Gasteiger partial charge < -0.3 is 20.2 Å². The Bertz CT molecular complexity index is 691. The minimum atomic E-state index is -0.679. The van der Waals surface area contributed by atoms with Crippen molar-refractivity contribution >= 4 is 11.7 Å². The van der Waals surface area contributed by atoms with Crippen LogP contribution in [0.1, 0.15) is 42.1 Å². The van der Waals surface area contributed by atoms with Gasteiger partial charge in [0.25, 0.3) is 0 Å². The van der Waals surface area contributed by atoms with Crippen LogP contribution in [-0.2, 0) is 11.2 Å². The molecule has 0 amide bonds. The second-order valence-corrected chi connectivity index (χ2v) is 5.67. The average molecular weight is 331 g/mol. The Morgan fingerprint density at radius 3 is 2.67 bits per heavy atom. The number of carbonyl (C=O) groups is 1. The number of phenolic OH excluding ortho intramolecular Hbond substituents is 2. The second kappa shape index (κ2) is 8.19. The van der Waals surface area contributed by atoms with Gasteiger partial charge in [-0.2, -0.15) is 0 Å². The minimum Gasteiger partial charge on any atom is -0.508 e. The van der Waals surface area contributed by atoms with Crippen molar-refractivity contribution in [2.45, 2.75) is 38.7 Å². The average Bonchev–Trinajstić information content (AvgIpc) is 2.51. The van der Waals surface area contributed by atoms with Crippen molar-refractivity contribution in [1.82, 2.24) is 0 Å². The molecule has 0 bridgehead atoms. The van der Waals surface area contributed by atoms with E-state index in [-0.39, 0.29) is 29.6 Å². The van der Waals surface area contributed by atoms with Gasteiger partial charge in [-0.05, 0) is 37.5 Å². The molecule has 1 aliphatic rings. The number of carbonyl (C=O) groups excluding carboxylic acids is 1. The van der Waals surface area contributed by atoms with Gasteiger partial charge in [-0.25, -0.2) is 4.79 Å². The van der Waals surface area contributed by atoms with Crippen molar-refractivity contribution in [2.24, 2.45) is 5.16 Å². The molecule has 0 saturated carbocycles. The number of nitrogens with zero attached hydrogens (tertiary/aromatic N) is 1. The summed E-state index contributed by atoms with van der Waals surface area (Å²) in [6, 6.07) is 2.44. The van der Waals surface area contributed by atoms with Crippen LogP contribution in [0.15, 0.2) is 41.6 Å². The van der Waals surface area contributed by atoms with Gasteiger partial charge in [0.15, 0.2) is 0 Å². The highest BCUT2D eigenvalue weighted by Crippen LogP contribution is 2.29. The molecule has 1 heterocycles. The number of benzene rings is 1. The standard InChI is InChI=1S/C18H21NO5/c1-12-7-5-3-2-4-6-8-14(19-23)9-13-10-15(20)11-16(21)17(13)18(22)24-12/h3,5-6,8,10-12,20-21,23H,2,4,7,9H2,1H3/b5-3+,8-6+,19-14+. The first-order valence-electron chi connectivity index (χ1n) is 7.79. The number of rotatable bonds is 0. The lowest BCUT2D eigenvalue weighted by atomic mass is 9.99. The van der Waals surface area contributed by atoms with Crippen molar-refractivity contribution in [2.75, 3.05) is 0 Å². The maximum atomic E-state index is 12.4. The maximum Gasteiger partial charge on any atom is 0.342 e. The molecule has 128 valence electrons. The minimum absolute atomic E-state index is 0.0322. The van der Waals surface area contributed by atoms with Crippen molar-refractivity contribution in [3.8, 4) is 11.5 Å². The van der Waals surface area contributed by atoms with Gasteiger partial charge in [-0.1, -0.05) is 23.4 Å². The number of hydrogen-bond acceptors (Lipinski definition) is 6. The van der Waals surface area contributed by atoms with E-state index in [0.717, 1.165) is 18.9 Å². The number of cyclic esters (lactones) is 1. The molecule has 1 aromatic carbocycles. The molecule has 1 unspecified atom stereocenters. The first-order valence-corrected chi connectivity index (χ1v) is 7.79. The zero-order valence-corrected chi connectivity index (χ0v) is 13.5. The summed E-state index contributed by atoms with van der Waals surface area (Å²) in [5, 5.41) is 32.1. The molecule has 24 heavy (non-hydrogen) atoms. The Morgan fingerprint density at radius 1 is 1.17 bits per heavy atom. The SMILES string of the molecule is CC1C/C=C/CC/C=C/C(=N\O)Cc2cc(O)cc(O)c2C(=O)O1. The van der Waals surface area contributed by atoms with E-state index in [4.69, 9.17) is 9.94 Å². The van der Waals surface area contributed by atoms with E-state index in [1.54, 1.807) is 13.0 Å². The zero-order valence-electron chi connectivity index (χ0n) is 13.5. The number of phenols is 2. The molecule has 1 atom stereocenters. The van der Waals surface area contributed by atoms with E-state index in [2.05, 4.69) is 5.16 Å². The Morgan fingerprint density at radius 2 is 1.92 bits per heavy atom. The molecule has 1 aromatic rings. The summed E-state index contributed by atoms with van der Waals surface area (Å²) in [6.45, 7) is 1.77. The number of esters is 1. The van der Waals surface area contributed by atoms with Crippen molar-refractivity contribution in [3.05, 3.63) is 47.6 Å². The molecule has 2 rings (SSSR count). The second-order valence-electron chi connectivity index (χ2n) is 5.67. The number of allylic oxidation sites excluding steroid dienone is 3. The van der Waals surface area contributed by atoms with Gasteiger partial charge in [0, 0.05) is 18.9 Å². The van der Waals surface area contributed by atoms with Crippen LogP contribution in [0.5, 0.6) is 11.5 Å². The van der Waals surface area contributed by atoms with Crippen molar-refractivity contribution in [1.29, 1.82) is 0 Å². The van der Waals surface area contributed by atoms with E-state index in [9.17, 15) is 15.0 Å². The van der Waals surface area contributed by atoms with E-state index >= 15 is 0 Å². The maximum absolute atomic E-state index is 12.4. The molecule has 1 aliphatic heterocycles. The molecule has 0 aliphatic carbocycles. The van der Waals surface area contributed by atoms with Crippen molar-refractivity contribution < 1.29 is 25.0 Å². The van der Waals surface area contributed by atoms with E-state index < -0.39 is 5.97 Å². The Hall–Kier alpha value is -2.76. The number of ether oxygens (including phenoxy) is 1. The van der Waals surface area contributed by atoms with Crippen LogP contribution < -0.4 is 0 Å². The highest BCUT2D eigenvalue weighted by Gasteiger charge is 2.22. The number of oxime groups is 1.